The Morgan fingerprint density at radius 2 is 2.11 bits per heavy atom. The van der Waals surface area contributed by atoms with Gasteiger partial charge in [0.25, 0.3) is 0 Å². The average molecular weight is 251 g/mol. The Bertz CT molecular complexity index is 377. The van der Waals surface area contributed by atoms with Crippen LogP contribution in [0.1, 0.15) is 25.7 Å². The van der Waals surface area contributed by atoms with Gasteiger partial charge in [-0.2, -0.15) is 10.7 Å². The van der Waals surface area contributed by atoms with Crippen molar-refractivity contribution >= 4 is 0 Å². The standard InChI is InChI=1S/C11H19N6O/c12-11-10-8-4-1-2-5-9(8)17(18)16(10)13-15-7-3-6-14(11)15/h3,6,8-11,13H,1-2,4-5,7,12H2/q-1. The van der Waals surface area contributed by atoms with E-state index in [2.05, 4.69) is 5.53 Å². The van der Waals surface area contributed by atoms with Gasteiger partial charge >= 0.3 is 0 Å². The molecule has 1 aliphatic carbocycles. The van der Waals surface area contributed by atoms with Crippen LogP contribution in [0.3, 0.4) is 0 Å². The Labute approximate surface area is 106 Å². The van der Waals surface area contributed by atoms with E-state index in [1.807, 2.05) is 22.4 Å². The number of hydroxylamine groups is 1. The molecule has 18 heavy (non-hydrogen) atoms. The summed E-state index contributed by atoms with van der Waals surface area (Å²) in [5.74, 6) is 0.384. The minimum Gasteiger partial charge on any atom is -0.770 e. The van der Waals surface area contributed by atoms with Gasteiger partial charge in [-0.05, 0) is 24.8 Å². The molecule has 0 amide bonds. The van der Waals surface area contributed by atoms with E-state index in [4.69, 9.17) is 5.73 Å². The molecule has 0 radical (unpaired) electrons. The second kappa shape index (κ2) is 3.89. The first-order valence-corrected chi connectivity index (χ1v) is 6.77. The van der Waals surface area contributed by atoms with Gasteiger partial charge in [0.15, 0.2) is 0 Å². The Hall–Kier alpha value is -0.700. The first-order valence-electron chi connectivity index (χ1n) is 6.77. The maximum absolute atomic E-state index is 12.4. The molecule has 0 aromatic rings. The predicted octanol–water partition coefficient (Wildman–Crippen LogP) is -0.291. The summed E-state index contributed by atoms with van der Waals surface area (Å²) in [6.45, 7) is 0.750. The number of nitrogens with zero attached hydrogens (tertiary/aromatic N) is 4. The van der Waals surface area contributed by atoms with E-state index < -0.39 is 0 Å². The third-order valence-corrected chi connectivity index (χ3v) is 4.69. The van der Waals surface area contributed by atoms with Crippen molar-refractivity contribution in [2.45, 2.75) is 43.9 Å². The van der Waals surface area contributed by atoms with Crippen molar-refractivity contribution in [3.63, 3.8) is 0 Å². The molecule has 4 unspecified atom stereocenters. The molecule has 2 saturated heterocycles. The summed E-state index contributed by atoms with van der Waals surface area (Å²) in [4.78, 5) is 0. The van der Waals surface area contributed by atoms with Gasteiger partial charge in [0.1, 0.15) is 6.17 Å². The second-order valence-corrected chi connectivity index (χ2v) is 5.59. The van der Waals surface area contributed by atoms with Gasteiger partial charge in [0.2, 0.25) is 0 Å². The number of hydrazine groups is 4. The molecule has 3 aliphatic heterocycles. The van der Waals surface area contributed by atoms with Crippen molar-refractivity contribution in [2.75, 3.05) is 6.54 Å². The maximum Gasteiger partial charge on any atom is 0.112 e. The first kappa shape index (κ1) is 11.2. The average Bonchev–Trinajstić information content (AvgIpc) is 2.96. The third-order valence-electron chi connectivity index (χ3n) is 4.69. The normalized spacial score (nSPS) is 45.1. The molecule has 0 aromatic heterocycles. The zero-order valence-corrected chi connectivity index (χ0v) is 10.3. The number of rotatable bonds is 0. The highest BCUT2D eigenvalue weighted by Crippen LogP contribution is 2.41. The molecule has 4 aliphatic rings. The van der Waals surface area contributed by atoms with Gasteiger partial charge in [-0.3, -0.25) is 10.2 Å². The first-order chi connectivity index (χ1) is 8.77. The van der Waals surface area contributed by atoms with Crippen molar-refractivity contribution in [1.82, 2.24) is 26.0 Å². The van der Waals surface area contributed by atoms with E-state index in [-0.39, 0.29) is 18.2 Å². The van der Waals surface area contributed by atoms with Gasteiger partial charge in [-0.1, -0.05) is 12.8 Å². The summed E-state index contributed by atoms with van der Waals surface area (Å²) in [6.07, 6.45) is 8.37. The highest BCUT2D eigenvalue weighted by atomic mass is 16.6. The van der Waals surface area contributed by atoms with Crippen molar-refractivity contribution < 1.29 is 0 Å². The van der Waals surface area contributed by atoms with Crippen LogP contribution in [0.5, 0.6) is 0 Å². The molecule has 4 rings (SSSR count). The molecular weight excluding hydrogens is 232 g/mol. The van der Waals surface area contributed by atoms with Crippen LogP contribution < -0.4 is 11.3 Å². The lowest BCUT2D eigenvalue weighted by atomic mass is 9.80. The Morgan fingerprint density at radius 3 is 3.00 bits per heavy atom. The van der Waals surface area contributed by atoms with Crippen molar-refractivity contribution in [2.24, 2.45) is 11.7 Å². The lowest BCUT2D eigenvalue weighted by molar-refractivity contribution is -0.228. The second-order valence-electron chi connectivity index (χ2n) is 5.59. The van der Waals surface area contributed by atoms with Crippen molar-refractivity contribution in [1.29, 1.82) is 0 Å². The molecule has 0 spiro atoms. The Kier molecular flexibility index (Phi) is 2.41. The fraction of sp³-hybridized carbons (Fsp3) is 0.818. The number of nitrogens with one attached hydrogen (secondary N) is 1. The van der Waals surface area contributed by atoms with Crippen molar-refractivity contribution in [3.8, 4) is 0 Å². The van der Waals surface area contributed by atoms with Crippen molar-refractivity contribution in [3.05, 3.63) is 17.5 Å². The lowest BCUT2D eigenvalue weighted by Crippen LogP contribution is -2.72. The Morgan fingerprint density at radius 1 is 1.28 bits per heavy atom. The maximum atomic E-state index is 12.4. The molecule has 7 heteroatoms. The van der Waals surface area contributed by atoms with Gasteiger partial charge in [0, 0.05) is 12.2 Å². The summed E-state index contributed by atoms with van der Waals surface area (Å²) in [7, 11) is 0. The fourth-order valence-electron chi connectivity index (χ4n) is 3.85. The molecule has 3 fully saturated rings. The fourth-order valence-corrected chi connectivity index (χ4v) is 3.85. The molecule has 100 valence electrons. The van der Waals surface area contributed by atoms with Crippen LogP contribution in [0, 0.1) is 11.1 Å². The van der Waals surface area contributed by atoms with E-state index in [0.29, 0.717) is 5.92 Å². The molecule has 3 heterocycles. The summed E-state index contributed by atoms with van der Waals surface area (Å²) >= 11 is 0. The predicted molar refractivity (Wildman–Crippen MR) is 65.4 cm³/mol. The Balaban J connectivity index is 1.66. The summed E-state index contributed by atoms with van der Waals surface area (Å²) in [5.41, 5.74) is 9.54. The van der Waals surface area contributed by atoms with Gasteiger partial charge in [-0.15, -0.1) is 5.12 Å². The number of hydrogen-bond acceptors (Lipinski definition) is 7. The third kappa shape index (κ3) is 1.34. The molecule has 7 nitrogen and oxygen atoms in total. The quantitative estimate of drug-likeness (QED) is 0.612. The molecule has 4 atom stereocenters. The minimum atomic E-state index is -0.144. The monoisotopic (exact) mass is 251 g/mol. The number of hydrogen-bond donors (Lipinski definition) is 2. The van der Waals surface area contributed by atoms with Crippen LogP contribution in [-0.4, -0.2) is 45.2 Å². The molecule has 1 saturated carbocycles. The number of fused-ring (bicyclic) bond motifs is 4. The van der Waals surface area contributed by atoms with E-state index >= 15 is 0 Å². The zero-order valence-electron chi connectivity index (χ0n) is 10.3. The molecular formula is C11H19N6O-. The molecule has 0 aromatic carbocycles. The van der Waals surface area contributed by atoms with Crippen LogP contribution in [0.15, 0.2) is 12.3 Å². The summed E-state index contributed by atoms with van der Waals surface area (Å²) < 4.78 is 0. The van der Waals surface area contributed by atoms with Crippen LogP contribution in [0.2, 0.25) is 0 Å². The van der Waals surface area contributed by atoms with E-state index in [9.17, 15) is 5.21 Å². The largest absolute Gasteiger partial charge is 0.770 e. The van der Waals surface area contributed by atoms with E-state index in [1.54, 1.807) is 5.12 Å². The van der Waals surface area contributed by atoms with Crippen LogP contribution >= 0.6 is 0 Å². The highest BCUT2D eigenvalue weighted by Gasteiger charge is 2.52. The summed E-state index contributed by atoms with van der Waals surface area (Å²) in [6, 6.07) is 0.180. The van der Waals surface area contributed by atoms with Gasteiger partial charge in [0.05, 0.1) is 12.6 Å². The van der Waals surface area contributed by atoms with Crippen LogP contribution in [0.25, 0.3) is 0 Å². The smallest absolute Gasteiger partial charge is 0.112 e. The molecule has 3 N–H and O–H groups in total. The lowest BCUT2D eigenvalue weighted by Gasteiger charge is -2.50. The topological polar surface area (TPSA) is 74.1 Å². The van der Waals surface area contributed by atoms with Crippen LogP contribution in [-0.2, 0) is 0 Å². The van der Waals surface area contributed by atoms with Crippen LogP contribution in [0.4, 0.5) is 0 Å². The summed E-state index contributed by atoms with van der Waals surface area (Å²) in [5, 5.41) is 19.1. The SMILES string of the molecule is NC1C2C3CCCCC3N([O-])N2NN2CC=CN12. The highest BCUT2D eigenvalue weighted by molar-refractivity contribution is 5.05. The van der Waals surface area contributed by atoms with Gasteiger partial charge < -0.3 is 10.9 Å². The minimum absolute atomic E-state index is 0.0757. The van der Waals surface area contributed by atoms with Gasteiger partial charge in [-0.25, -0.2) is 0 Å². The van der Waals surface area contributed by atoms with E-state index in [1.165, 1.54) is 6.42 Å². The zero-order chi connectivity index (χ0) is 12.3. The molecule has 0 bridgehead atoms. The van der Waals surface area contributed by atoms with E-state index in [0.717, 1.165) is 31.0 Å². The number of nitrogens with two attached hydrogens (primary N) is 1.